The van der Waals surface area contributed by atoms with Gasteiger partial charge < -0.3 is 15.8 Å². The molecule has 4 nitrogen and oxygen atoms in total. The second kappa shape index (κ2) is 6.11. The summed E-state index contributed by atoms with van der Waals surface area (Å²) in [5.74, 6) is 0.0536. The van der Waals surface area contributed by atoms with E-state index in [1.54, 1.807) is 30.3 Å². The van der Waals surface area contributed by atoms with E-state index in [2.05, 4.69) is 5.32 Å². The highest BCUT2D eigenvalue weighted by Gasteiger charge is 2.08. The fourth-order valence-electron chi connectivity index (χ4n) is 1.53. The number of carbonyl (C=O) groups excluding carboxylic acids is 1. The Labute approximate surface area is 116 Å². The Hall–Kier alpha value is -2.20. The number of carbonyl (C=O) groups is 1. The Morgan fingerprint density at radius 1 is 1.16 bits per heavy atom. The van der Waals surface area contributed by atoms with Crippen molar-refractivity contribution < 1.29 is 9.53 Å². The summed E-state index contributed by atoms with van der Waals surface area (Å²) in [5.41, 5.74) is 6.83. The summed E-state index contributed by atoms with van der Waals surface area (Å²) in [7, 11) is 0. The third-order valence-electron chi connectivity index (χ3n) is 2.40. The van der Waals surface area contributed by atoms with Crippen molar-refractivity contribution in [3.8, 4) is 5.75 Å². The Morgan fingerprint density at radius 2 is 1.89 bits per heavy atom. The minimum absolute atomic E-state index is 0.150. The molecule has 0 aliphatic heterocycles. The van der Waals surface area contributed by atoms with E-state index >= 15 is 0 Å². The third-order valence-corrected chi connectivity index (χ3v) is 2.70. The number of ether oxygens (including phenoxy) is 1. The quantitative estimate of drug-likeness (QED) is 0.844. The zero-order valence-electron chi connectivity index (χ0n) is 10.1. The van der Waals surface area contributed by atoms with E-state index in [1.807, 2.05) is 18.2 Å². The number of halogens is 1. The highest BCUT2D eigenvalue weighted by Crippen LogP contribution is 2.30. The smallest absolute Gasteiger partial charge is 0.262 e. The normalized spacial score (nSPS) is 9.95. The van der Waals surface area contributed by atoms with Crippen LogP contribution in [0.3, 0.4) is 0 Å². The van der Waals surface area contributed by atoms with Gasteiger partial charge in [0, 0.05) is 5.69 Å². The van der Waals surface area contributed by atoms with Crippen molar-refractivity contribution in [2.45, 2.75) is 0 Å². The lowest BCUT2D eigenvalue weighted by Gasteiger charge is -2.10. The fraction of sp³-hybridized carbons (Fsp3) is 0.0714. The van der Waals surface area contributed by atoms with Crippen LogP contribution in [0, 0.1) is 0 Å². The molecule has 0 radical (unpaired) electrons. The van der Waals surface area contributed by atoms with Gasteiger partial charge in [0.25, 0.3) is 5.91 Å². The van der Waals surface area contributed by atoms with Crippen LogP contribution >= 0.6 is 11.6 Å². The topological polar surface area (TPSA) is 64.3 Å². The summed E-state index contributed by atoms with van der Waals surface area (Å²) in [6.45, 7) is -0.150. The summed E-state index contributed by atoms with van der Waals surface area (Å²) in [4.78, 5) is 11.7. The molecular formula is C14H13ClN2O2. The zero-order valence-corrected chi connectivity index (χ0v) is 10.9. The maximum atomic E-state index is 11.7. The molecule has 3 N–H and O–H groups in total. The van der Waals surface area contributed by atoms with Crippen molar-refractivity contribution in [3.63, 3.8) is 0 Å². The van der Waals surface area contributed by atoms with E-state index < -0.39 is 0 Å². The number of anilines is 2. The summed E-state index contributed by atoms with van der Waals surface area (Å²) in [6, 6.07) is 14.2. The molecule has 5 heteroatoms. The minimum atomic E-state index is -0.273. The van der Waals surface area contributed by atoms with Gasteiger partial charge in [-0.25, -0.2) is 0 Å². The Kier molecular flexibility index (Phi) is 4.26. The molecule has 0 fully saturated rings. The number of amides is 1. The number of nitrogen functional groups attached to an aromatic ring is 1. The van der Waals surface area contributed by atoms with Crippen molar-refractivity contribution in [1.82, 2.24) is 0 Å². The van der Waals surface area contributed by atoms with Crippen LogP contribution in [-0.4, -0.2) is 12.5 Å². The van der Waals surface area contributed by atoms with Crippen molar-refractivity contribution in [1.29, 1.82) is 0 Å². The number of hydrogen-bond donors (Lipinski definition) is 2. The molecule has 0 aromatic heterocycles. The van der Waals surface area contributed by atoms with Crippen LogP contribution < -0.4 is 15.8 Å². The van der Waals surface area contributed by atoms with E-state index in [0.29, 0.717) is 22.1 Å². The number of rotatable bonds is 4. The van der Waals surface area contributed by atoms with Crippen LogP contribution in [0.1, 0.15) is 0 Å². The summed E-state index contributed by atoms with van der Waals surface area (Å²) in [5, 5.41) is 3.09. The van der Waals surface area contributed by atoms with E-state index in [-0.39, 0.29) is 12.5 Å². The van der Waals surface area contributed by atoms with Gasteiger partial charge in [-0.05, 0) is 24.3 Å². The molecule has 0 unspecified atom stereocenters. The molecule has 2 aromatic rings. The molecule has 19 heavy (non-hydrogen) atoms. The molecule has 0 saturated carbocycles. The molecule has 2 rings (SSSR count). The van der Waals surface area contributed by atoms with Gasteiger partial charge in [-0.2, -0.15) is 0 Å². The van der Waals surface area contributed by atoms with Crippen LogP contribution in [-0.2, 0) is 4.79 Å². The van der Waals surface area contributed by atoms with Gasteiger partial charge in [0.1, 0.15) is 0 Å². The minimum Gasteiger partial charge on any atom is -0.480 e. The SMILES string of the molecule is Nc1cccc(Cl)c1OCC(=O)Nc1ccccc1. The maximum absolute atomic E-state index is 11.7. The second-order valence-corrected chi connectivity index (χ2v) is 4.27. The number of hydrogen-bond acceptors (Lipinski definition) is 3. The first kappa shape index (κ1) is 13.2. The Balaban J connectivity index is 1.94. The average Bonchev–Trinajstić information content (AvgIpc) is 2.39. The predicted octanol–water partition coefficient (Wildman–Crippen LogP) is 2.94. The summed E-state index contributed by atoms with van der Waals surface area (Å²) < 4.78 is 5.33. The first-order valence-corrected chi connectivity index (χ1v) is 6.06. The van der Waals surface area contributed by atoms with Crippen molar-refractivity contribution in [3.05, 3.63) is 53.6 Å². The second-order valence-electron chi connectivity index (χ2n) is 3.86. The zero-order chi connectivity index (χ0) is 13.7. The Bertz CT molecular complexity index is 553. The molecule has 1 amide bonds. The average molecular weight is 277 g/mol. The predicted molar refractivity (Wildman–Crippen MR) is 76.4 cm³/mol. The van der Waals surface area contributed by atoms with Gasteiger partial charge in [-0.15, -0.1) is 0 Å². The number of para-hydroxylation sites is 2. The molecule has 0 bridgehead atoms. The highest BCUT2D eigenvalue weighted by molar-refractivity contribution is 6.32. The molecule has 0 aliphatic carbocycles. The lowest BCUT2D eigenvalue weighted by atomic mass is 10.3. The largest absolute Gasteiger partial charge is 0.480 e. The first-order valence-electron chi connectivity index (χ1n) is 5.68. The number of nitrogens with one attached hydrogen (secondary N) is 1. The lowest BCUT2D eigenvalue weighted by molar-refractivity contribution is -0.118. The van der Waals surface area contributed by atoms with Crippen molar-refractivity contribution in [2.24, 2.45) is 0 Å². The van der Waals surface area contributed by atoms with Gasteiger partial charge in [-0.1, -0.05) is 35.9 Å². The van der Waals surface area contributed by atoms with E-state index in [9.17, 15) is 4.79 Å². The van der Waals surface area contributed by atoms with E-state index in [0.717, 1.165) is 0 Å². The molecule has 0 heterocycles. The first-order chi connectivity index (χ1) is 9.16. The third kappa shape index (κ3) is 3.63. The molecule has 2 aromatic carbocycles. The molecule has 0 saturated heterocycles. The monoisotopic (exact) mass is 276 g/mol. The van der Waals surface area contributed by atoms with Gasteiger partial charge in [0.2, 0.25) is 0 Å². The highest BCUT2D eigenvalue weighted by atomic mass is 35.5. The molecule has 98 valence electrons. The van der Waals surface area contributed by atoms with Crippen molar-refractivity contribution in [2.75, 3.05) is 17.7 Å². The van der Waals surface area contributed by atoms with Gasteiger partial charge in [0.05, 0.1) is 10.7 Å². The Morgan fingerprint density at radius 3 is 2.58 bits per heavy atom. The standard InChI is InChI=1S/C14H13ClN2O2/c15-11-7-4-8-12(16)14(11)19-9-13(18)17-10-5-2-1-3-6-10/h1-8H,9,16H2,(H,17,18). The van der Waals surface area contributed by atoms with Crippen LogP contribution in [0.15, 0.2) is 48.5 Å². The fourth-order valence-corrected chi connectivity index (χ4v) is 1.77. The number of benzene rings is 2. The molecule has 0 aliphatic rings. The molecular weight excluding hydrogens is 264 g/mol. The van der Waals surface area contributed by atoms with Crippen LogP contribution in [0.2, 0.25) is 5.02 Å². The van der Waals surface area contributed by atoms with E-state index in [1.165, 1.54) is 0 Å². The van der Waals surface area contributed by atoms with Crippen molar-refractivity contribution >= 4 is 28.9 Å². The number of nitrogens with two attached hydrogens (primary N) is 1. The maximum Gasteiger partial charge on any atom is 0.262 e. The van der Waals surface area contributed by atoms with Gasteiger partial charge >= 0.3 is 0 Å². The molecule has 0 spiro atoms. The summed E-state index contributed by atoms with van der Waals surface area (Å²) >= 11 is 5.94. The van der Waals surface area contributed by atoms with Gasteiger partial charge in [0.15, 0.2) is 12.4 Å². The lowest BCUT2D eigenvalue weighted by Crippen LogP contribution is -2.20. The summed E-state index contributed by atoms with van der Waals surface area (Å²) in [6.07, 6.45) is 0. The molecule has 0 atom stereocenters. The van der Waals surface area contributed by atoms with Crippen LogP contribution in [0.4, 0.5) is 11.4 Å². The van der Waals surface area contributed by atoms with Crippen LogP contribution in [0.5, 0.6) is 5.75 Å². The van der Waals surface area contributed by atoms with E-state index in [4.69, 9.17) is 22.1 Å². The van der Waals surface area contributed by atoms with Gasteiger partial charge in [-0.3, -0.25) is 4.79 Å². The van der Waals surface area contributed by atoms with Crippen LogP contribution in [0.25, 0.3) is 0 Å².